The summed E-state index contributed by atoms with van der Waals surface area (Å²) in [5.41, 5.74) is 7.97. The van der Waals surface area contributed by atoms with Crippen molar-refractivity contribution >= 4 is 5.91 Å². The van der Waals surface area contributed by atoms with Crippen LogP contribution in [0.25, 0.3) is 0 Å². The van der Waals surface area contributed by atoms with E-state index in [1.54, 1.807) is 0 Å². The van der Waals surface area contributed by atoms with E-state index < -0.39 is 0 Å². The number of carbonyl (C=O) groups is 1. The molecule has 0 aromatic heterocycles. The van der Waals surface area contributed by atoms with Crippen LogP contribution < -0.4 is 11.1 Å². The SMILES string of the molecule is CCC(NC(=O)CCC(C)CN)c1ccc(C)cc1. The molecule has 0 aliphatic carbocycles. The molecule has 0 radical (unpaired) electrons. The average Bonchev–Trinajstić information content (AvgIpc) is 2.43. The Morgan fingerprint density at radius 3 is 2.47 bits per heavy atom. The van der Waals surface area contributed by atoms with E-state index in [-0.39, 0.29) is 11.9 Å². The van der Waals surface area contributed by atoms with Gasteiger partial charge in [0.1, 0.15) is 0 Å². The number of carbonyl (C=O) groups excluding carboxylic acids is 1. The summed E-state index contributed by atoms with van der Waals surface area (Å²) >= 11 is 0. The highest BCUT2D eigenvalue weighted by Gasteiger charge is 2.13. The summed E-state index contributed by atoms with van der Waals surface area (Å²) in [6.45, 7) is 6.87. The highest BCUT2D eigenvalue weighted by atomic mass is 16.1. The molecule has 1 aromatic rings. The van der Waals surface area contributed by atoms with Crippen molar-refractivity contribution < 1.29 is 4.79 Å². The van der Waals surface area contributed by atoms with Gasteiger partial charge in [-0.2, -0.15) is 0 Å². The zero-order valence-electron chi connectivity index (χ0n) is 12.3. The summed E-state index contributed by atoms with van der Waals surface area (Å²) in [6, 6.07) is 8.46. The van der Waals surface area contributed by atoms with Crippen LogP contribution in [-0.2, 0) is 4.79 Å². The van der Waals surface area contributed by atoms with Crippen LogP contribution in [0, 0.1) is 12.8 Å². The molecule has 0 spiro atoms. The fourth-order valence-corrected chi connectivity index (χ4v) is 1.98. The van der Waals surface area contributed by atoms with Crippen LogP contribution in [0.5, 0.6) is 0 Å². The number of nitrogens with two attached hydrogens (primary N) is 1. The fraction of sp³-hybridized carbons (Fsp3) is 0.562. The van der Waals surface area contributed by atoms with E-state index in [1.807, 2.05) is 0 Å². The minimum absolute atomic E-state index is 0.112. The molecule has 2 atom stereocenters. The number of amides is 1. The van der Waals surface area contributed by atoms with Crippen molar-refractivity contribution in [3.8, 4) is 0 Å². The van der Waals surface area contributed by atoms with Gasteiger partial charge in [-0.1, -0.05) is 43.7 Å². The number of rotatable bonds is 7. The first-order chi connectivity index (χ1) is 9.06. The highest BCUT2D eigenvalue weighted by Crippen LogP contribution is 2.17. The maximum absolute atomic E-state index is 11.9. The molecule has 1 amide bonds. The van der Waals surface area contributed by atoms with Gasteiger partial charge in [-0.3, -0.25) is 4.79 Å². The van der Waals surface area contributed by atoms with Gasteiger partial charge in [-0.15, -0.1) is 0 Å². The molecule has 1 rings (SSSR count). The zero-order valence-corrected chi connectivity index (χ0v) is 12.3. The second-order valence-corrected chi connectivity index (χ2v) is 5.32. The number of aryl methyl sites for hydroxylation is 1. The lowest BCUT2D eigenvalue weighted by Gasteiger charge is -2.18. The molecule has 0 aliphatic rings. The molecule has 0 fully saturated rings. The lowest BCUT2D eigenvalue weighted by molar-refractivity contribution is -0.122. The molecule has 0 aliphatic heterocycles. The van der Waals surface area contributed by atoms with Gasteiger partial charge in [0.05, 0.1) is 6.04 Å². The van der Waals surface area contributed by atoms with Gasteiger partial charge >= 0.3 is 0 Å². The molecule has 3 N–H and O–H groups in total. The summed E-state index contributed by atoms with van der Waals surface area (Å²) in [4.78, 5) is 11.9. The topological polar surface area (TPSA) is 55.1 Å². The molecule has 19 heavy (non-hydrogen) atoms. The summed E-state index contributed by atoms with van der Waals surface area (Å²) in [5.74, 6) is 0.526. The van der Waals surface area contributed by atoms with Gasteiger partial charge < -0.3 is 11.1 Å². The lowest BCUT2D eigenvalue weighted by Crippen LogP contribution is -2.28. The first kappa shape index (κ1) is 15.7. The third-order valence-corrected chi connectivity index (χ3v) is 3.49. The Labute approximate surface area is 116 Å². The molecule has 0 saturated carbocycles. The Bertz CT molecular complexity index is 386. The molecule has 0 heterocycles. The molecular formula is C16H26N2O. The van der Waals surface area contributed by atoms with Crippen LogP contribution in [0.2, 0.25) is 0 Å². The van der Waals surface area contributed by atoms with Gasteiger partial charge in [0.25, 0.3) is 0 Å². The Kier molecular flexibility index (Phi) is 6.57. The fourth-order valence-electron chi connectivity index (χ4n) is 1.98. The molecule has 106 valence electrons. The summed E-state index contributed by atoms with van der Waals surface area (Å²) < 4.78 is 0. The molecule has 0 bridgehead atoms. The van der Waals surface area contributed by atoms with Gasteiger partial charge in [-0.05, 0) is 37.8 Å². The second-order valence-electron chi connectivity index (χ2n) is 5.32. The van der Waals surface area contributed by atoms with Crippen LogP contribution in [0.15, 0.2) is 24.3 Å². The number of hydrogen-bond donors (Lipinski definition) is 2. The van der Waals surface area contributed by atoms with Crippen LogP contribution in [0.3, 0.4) is 0 Å². The molecule has 1 aromatic carbocycles. The third-order valence-electron chi connectivity index (χ3n) is 3.49. The Morgan fingerprint density at radius 1 is 1.32 bits per heavy atom. The van der Waals surface area contributed by atoms with Crippen molar-refractivity contribution in [3.05, 3.63) is 35.4 Å². The number of hydrogen-bond acceptors (Lipinski definition) is 2. The quantitative estimate of drug-likeness (QED) is 0.793. The van der Waals surface area contributed by atoms with Gasteiger partial charge in [0, 0.05) is 6.42 Å². The molecule has 0 saturated heterocycles. The van der Waals surface area contributed by atoms with Gasteiger partial charge in [0.2, 0.25) is 5.91 Å². The highest BCUT2D eigenvalue weighted by molar-refractivity contribution is 5.76. The molecule has 3 nitrogen and oxygen atoms in total. The minimum atomic E-state index is 0.112. The van der Waals surface area contributed by atoms with E-state index in [4.69, 9.17) is 5.73 Å². The van der Waals surface area contributed by atoms with Crippen LogP contribution in [0.4, 0.5) is 0 Å². The Hall–Kier alpha value is -1.35. The van der Waals surface area contributed by atoms with Crippen molar-refractivity contribution in [1.29, 1.82) is 0 Å². The maximum atomic E-state index is 11.9. The van der Waals surface area contributed by atoms with Crippen molar-refractivity contribution in [2.45, 2.75) is 46.1 Å². The number of benzene rings is 1. The van der Waals surface area contributed by atoms with E-state index in [9.17, 15) is 4.79 Å². The predicted molar refractivity (Wildman–Crippen MR) is 79.8 cm³/mol. The van der Waals surface area contributed by atoms with Crippen molar-refractivity contribution in [2.24, 2.45) is 11.7 Å². The molecular weight excluding hydrogens is 236 g/mol. The van der Waals surface area contributed by atoms with E-state index >= 15 is 0 Å². The van der Waals surface area contributed by atoms with Crippen LogP contribution >= 0.6 is 0 Å². The van der Waals surface area contributed by atoms with Gasteiger partial charge in [-0.25, -0.2) is 0 Å². The normalized spacial score (nSPS) is 13.9. The van der Waals surface area contributed by atoms with E-state index in [2.05, 4.69) is 50.4 Å². The van der Waals surface area contributed by atoms with E-state index in [1.165, 1.54) is 11.1 Å². The van der Waals surface area contributed by atoms with Gasteiger partial charge in [0.15, 0.2) is 0 Å². The first-order valence-electron chi connectivity index (χ1n) is 7.12. The zero-order chi connectivity index (χ0) is 14.3. The van der Waals surface area contributed by atoms with E-state index in [0.29, 0.717) is 18.9 Å². The standard InChI is InChI=1S/C16H26N2O/c1-4-15(14-8-5-12(2)6-9-14)18-16(19)10-7-13(3)11-17/h5-6,8-9,13,15H,4,7,10-11,17H2,1-3H3,(H,18,19). The summed E-state index contributed by atoms with van der Waals surface area (Å²) in [7, 11) is 0. The number of nitrogens with one attached hydrogen (secondary N) is 1. The smallest absolute Gasteiger partial charge is 0.220 e. The van der Waals surface area contributed by atoms with Crippen LogP contribution in [0.1, 0.15) is 50.3 Å². The molecule has 3 heteroatoms. The minimum Gasteiger partial charge on any atom is -0.349 e. The second kappa shape index (κ2) is 7.95. The van der Waals surface area contributed by atoms with Crippen molar-refractivity contribution in [2.75, 3.05) is 6.54 Å². The maximum Gasteiger partial charge on any atom is 0.220 e. The average molecular weight is 262 g/mol. The Morgan fingerprint density at radius 2 is 1.95 bits per heavy atom. The summed E-state index contributed by atoms with van der Waals surface area (Å²) in [6.07, 6.45) is 2.31. The van der Waals surface area contributed by atoms with E-state index in [0.717, 1.165) is 12.8 Å². The van der Waals surface area contributed by atoms with Crippen molar-refractivity contribution in [3.63, 3.8) is 0 Å². The predicted octanol–water partition coefficient (Wildman–Crippen LogP) is 2.94. The first-order valence-corrected chi connectivity index (χ1v) is 7.12. The van der Waals surface area contributed by atoms with Crippen molar-refractivity contribution in [1.82, 2.24) is 5.32 Å². The third kappa shape index (κ3) is 5.43. The lowest BCUT2D eigenvalue weighted by atomic mass is 10.0. The molecule has 2 unspecified atom stereocenters. The summed E-state index contributed by atoms with van der Waals surface area (Å²) in [5, 5.41) is 3.10. The largest absolute Gasteiger partial charge is 0.349 e. The monoisotopic (exact) mass is 262 g/mol. The van der Waals surface area contributed by atoms with Crippen LogP contribution in [-0.4, -0.2) is 12.5 Å². The Balaban J connectivity index is 2.52.